The lowest BCUT2D eigenvalue weighted by molar-refractivity contribution is 0.408. The van der Waals surface area contributed by atoms with Gasteiger partial charge in [-0.15, -0.1) is 0 Å². The number of hydrogen-bond acceptors (Lipinski definition) is 6. The van der Waals surface area contributed by atoms with E-state index in [9.17, 15) is 13.2 Å². The van der Waals surface area contributed by atoms with Crippen LogP contribution >= 0.6 is 0 Å². The van der Waals surface area contributed by atoms with E-state index in [2.05, 4.69) is 4.98 Å². The molecule has 1 heterocycles. The van der Waals surface area contributed by atoms with E-state index < -0.39 is 15.7 Å². The standard InChI is InChI=1S/C12H13NO6S/c1-17-7-4-5-8(18-2)12-11(7)9(6-10(14)13-12)19-20(3,15)16/h4-6H,1-3H3,(H,13,14). The predicted molar refractivity (Wildman–Crippen MR) is 73.1 cm³/mol. The van der Waals surface area contributed by atoms with Gasteiger partial charge in [0.15, 0.2) is 5.75 Å². The molecule has 1 aromatic heterocycles. The highest BCUT2D eigenvalue weighted by Crippen LogP contribution is 2.37. The fourth-order valence-corrected chi connectivity index (χ4v) is 2.31. The normalized spacial score (nSPS) is 11.3. The first-order chi connectivity index (χ1) is 9.35. The molecule has 0 atom stereocenters. The van der Waals surface area contributed by atoms with E-state index in [4.69, 9.17) is 13.7 Å². The highest BCUT2D eigenvalue weighted by atomic mass is 32.2. The van der Waals surface area contributed by atoms with Gasteiger partial charge in [-0.3, -0.25) is 4.79 Å². The molecule has 0 aliphatic rings. The summed E-state index contributed by atoms with van der Waals surface area (Å²) in [6.07, 6.45) is 0.896. The minimum absolute atomic E-state index is 0.109. The van der Waals surface area contributed by atoms with Crippen molar-refractivity contribution >= 4 is 21.0 Å². The van der Waals surface area contributed by atoms with Gasteiger partial charge in [0, 0.05) is 6.07 Å². The number of pyridine rings is 1. The first-order valence-electron chi connectivity index (χ1n) is 5.53. The van der Waals surface area contributed by atoms with Crippen LogP contribution in [-0.2, 0) is 10.1 Å². The van der Waals surface area contributed by atoms with Crippen molar-refractivity contribution in [3.05, 3.63) is 28.6 Å². The van der Waals surface area contributed by atoms with E-state index in [1.165, 1.54) is 14.2 Å². The van der Waals surface area contributed by atoms with Crippen LogP contribution in [0.15, 0.2) is 23.0 Å². The second-order valence-electron chi connectivity index (χ2n) is 4.01. The number of fused-ring (bicyclic) bond motifs is 1. The van der Waals surface area contributed by atoms with Gasteiger partial charge in [-0.25, -0.2) is 0 Å². The van der Waals surface area contributed by atoms with E-state index in [0.29, 0.717) is 22.4 Å². The minimum atomic E-state index is -3.78. The molecular weight excluding hydrogens is 286 g/mol. The molecule has 2 aromatic rings. The summed E-state index contributed by atoms with van der Waals surface area (Å²) < 4.78 is 37.8. The number of H-pyrrole nitrogens is 1. The van der Waals surface area contributed by atoms with Crippen LogP contribution in [0, 0.1) is 0 Å². The van der Waals surface area contributed by atoms with Crippen LogP contribution in [0.2, 0.25) is 0 Å². The van der Waals surface area contributed by atoms with Crippen LogP contribution in [0.1, 0.15) is 0 Å². The van der Waals surface area contributed by atoms with Gasteiger partial charge in [-0.2, -0.15) is 8.42 Å². The number of aromatic nitrogens is 1. The molecule has 8 heteroatoms. The van der Waals surface area contributed by atoms with E-state index in [-0.39, 0.29) is 5.75 Å². The maximum absolute atomic E-state index is 11.6. The van der Waals surface area contributed by atoms with Crippen LogP contribution in [-0.4, -0.2) is 33.9 Å². The SMILES string of the molecule is COc1ccc(OC)c2c(OS(C)(=O)=O)cc(=O)[nH]c12. The number of methoxy groups -OCH3 is 2. The molecule has 20 heavy (non-hydrogen) atoms. The summed E-state index contributed by atoms with van der Waals surface area (Å²) in [6, 6.07) is 4.24. The van der Waals surface area contributed by atoms with E-state index in [1.54, 1.807) is 12.1 Å². The second-order valence-corrected chi connectivity index (χ2v) is 5.58. The van der Waals surface area contributed by atoms with E-state index >= 15 is 0 Å². The Kier molecular flexibility index (Phi) is 3.58. The van der Waals surface area contributed by atoms with Gasteiger partial charge in [-0.1, -0.05) is 0 Å². The molecule has 7 nitrogen and oxygen atoms in total. The molecule has 0 unspecified atom stereocenters. The molecule has 1 N–H and O–H groups in total. The molecule has 0 amide bonds. The maximum Gasteiger partial charge on any atom is 0.306 e. The third-order valence-corrected chi connectivity index (χ3v) is 3.05. The van der Waals surface area contributed by atoms with Crippen LogP contribution in [0.25, 0.3) is 10.9 Å². The monoisotopic (exact) mass is 299 g/mol. The van der Waals surface area contributed by atoms with Crippen molar-refractivity contribution < 1.29 is 22.1 Å². The van der Waals surface area contributed by atoms with Crippen LogP contribution in [0.3, 0.4) is 0 Å². The zero-order valence-corrected chi connectivity index (χ0v) is 11.9. The van der Waals surface area contributed by atoms with Crippen LogP contribution in [0.4, 0.5) is 0 Å². The molecule has 0 saturated heterocycles. The number of benzene rings is 1. The largest absolute Gasteiger partial charge is 0.496 e. The Labute approximate surface area is 115 Å². The van der Waals surface area contributed by atoms with Crippen molar-refractivity contribution in [1.29, 1.82) is 0 Å². The van der Waals surface area contributed by atoms with Gasteiger partial charge in [0.05, 0.1) is 31.4 Å². The second kappa shape index (κ2) is 5.04. The summed E-state index contributed by atoms with van der Waals surface area (Å²) in [5, 5.41) is 0.317. The first-order valence-corrected chi connectivity index (χ1v) is 7.35. The summed E-state index contributed by atoms with van der Waals surface area (Å²) in [4.78, 5) is 14.2. The molecule has 1 aromatic carbocycles. The first kappa shape index (κ1) is 14.2. The quantitative estimate of drug-likeness (QED) is 0.842. The lowest BCUT2D eigenvalue weighted by Crippen LogP contribution is -2.11. The number of aromatic amines is 1. The fourth-order valence-electron chi connectivity index (χ4n) is 1.85. The summed E-state index contributed by atoms with van der Waals surface area (Å²) >= 11 is 0. The Bertz CT molecular complexity index is 809. The number of hydrogen-bond donors (Lipinski definition) is 1. The van der Waals surface area contributed by atoms with Crippen LogP contribution < -0.4 is 19.2 Å². The number of ether oxygens (including phenoxy) is 2. The molecule has 0 saturated carbocycles. The third kappa shape index (κ3) is 2.69. The summed E-state index contributed by atoms with van der Waals surface area (Å²) in [7, 11) is -0.918. The molecule has 0 aliphatic carbocycles. The zero-order chi connectivity index (χ0) is 14.9. The van der Waals surface area contributed by atoms with E-state index in [1.807, 2.05) is 0 Å². The number of rotatable bonds is 4. The minimum Gasteiger partial charge on any atom is -0.496 e. The van der Waals surface area contributed by atoms with E-state index in [0.717, 1.165) is 12.3 Å². The molecule has 0 aliphatic heterocycles. The number of nitrogens with one attached hydrogen (secondary N) is 1. The van der Waals surface area contributed by atoms with Crippen molar-refractivity contribution in [2.45, 2.75) is 0 Å². The molecular formula is C12H13NO6S. The topological polar surface area (TPSA) is 94.7 Å². The van der Waals surface area contributed by atoms with Gasteiger partial charge in [0.1, 0.15) is 11.5 Å². The predicted octanol–water partition coefficient (Wildman–Crippen LogP) is 0.884. The zero-order valence-electron chi connectivity index (χ0n) is 11.1. The Hall–Kier alpha value is -2.22. The average molecular weight is 299 g/mol. The highest BCUT2D eigenvalue weighted by Gasteiger charge is 2.17. The van der Waals surface area contributed by atoms with Gasteiger partial charge in [-0.05, 0) is 12.1 Å². The maximum atomic E-state index is 11.6. The summed E-state index contributed by atoms with van der Waals surface area (Å²) in [5.41, 5.74) is -0.208. The van der Waals surface area contributed by atoms with Gasteiger partial charge >= 0.3 is 10.1 Å². The van der Waals surface area contributed by atoms with Gasteiger partial charge < -0.3 is 18.6 Å². The summed E-state index contributed by atoms with van der Waals surface area (Å²) in [6.45, 7) is 0. The van der Waals surface area contributed by atoms with Crippen molar-refractivity contribution in [3.8, 4) is 17.2 Å². The van der Waals surface area contributed by atoms with Gasteiger partial charge in [0.25, 0.3) is 5.56 Å². The lowest BCUT2D eigenvalue weighted by atomic mass is 10.1. The van der Waals surface area contributed by atoms with Gasteiger partial charge in [0.2, 0.25) is 0 Å². The molecule has 0 bridgehead atoms. The lowest BCUT2D eigenvalue weighted by Gasteiger charge is -2.12. The molecule has 0 spiro atoms. The fraction of sp³-hybridized carbons (Fsp3) is 0.250. The van der Waals surface area contributed by atoms with Crippen LogP contribution in [0.5, 0.6) is 17.2 Å². The Morgan fingerprint density at radius 1 is 1.05 bits per heavy atom. The highest BCUT2D eigenvalue weighted by molar-refractivity contribution is 7.86. The molecule has 0 fully saturated rings. The molecule has 0 radical (unpaired) electrons. The molecule has 108 valence electrons. The Morgan fingerprint density at radius 2 is 1.65 bits per heavy atom. The smallest absolute Gasteiger partial charge is 0.306 e. The van der Waals surface area contributed by atoms with Crippen molar-refractivity contribution in [3.63, 3.8) is 0 Å². The average Bonchev–Trinajstić information content (AvgIpc) is 2.35. The third-order valence-electron chi connectivity index (χ3n) is 2.57. The molecule has 2 rings (SSSR count). The Morgan fingerprint density at radius 3 is 2.20 bits per heavy atom. The van der Waals surface area contributed by atoms with Crippen molar-refractivity contribution in [2.75, 3.05) is 20.5 Å². The summed E-state index contributed by atoms with van der Waals surface area (Å²) in [5.74, 6) is 0.620. The Balaban J connectivity index is 2.89. The van der Waals surface area contributed by atoms with Crippen molar-refractivity contribution in [1.82, 2.24) is 4.98 Å². The van der Waals surface area contributed by atoms with Crippen molar-refractivity contribution in [2.24, 2.45) is 0 Å².